The Balaban J connectivity index is 2.05. The van der Waals surface area contributed by atoms with E-state index in [0.717, 1.165) is 12.0 Å². The fourth-order valence-electron chi connectivity index (χ4n) is 1.34. The average molecular weight is 296 g/mol. The molecule has 0 aliphatic heterocycles. The molecule has 0 aromatic heterocycles. The summed E-state index contributed by atoms with van der Waals surface area (Å²) in [4.78, 5) is 0.816. The van der Waals surface area contributed by atoms with Gasteiger partial charge in [-0.05, 0) is 36.4 Å². The number of rotatable bonds is 5. The maximum atomic E-state index is 11.9. The Morgan fingerprint density at radius 1 is 0.947 bits per heavy atom. The lowest BCUT2D eigenvalue weighted by atomic mass is 10.3. The first kappa shape index (κ1) is 13.9. The van der Waals surface area contributed by atoms with Crippen LogP contribution in [0, 0.1) is 0 Å². The minimum absolute atomic E-state index is 0.135. The zero-order chi connectivity index (χ0) is 13.7. The first-order valence-corrected chi connectivity index (χ1v) is 7.57. The van der Waals surface area contributed by atoms with E-state index >= 15 is 0 Å². The van der Waals surface area contributed by atoms with Gasteiger partial charge >= 0.3 is 10.1 Å². The molecule has 0 N–H and O–H groups in total. The van der Waals surface area contributed by atoms with Crippen LogP contribution in [0.15, 0.2) is 64.4 Å². The van der Waals surface area contributed by atoms with Crippen molar-refractivity contribution < 1.29 is 16.8 Å². The molecule has 0 radical (unpaired) electrons. The van der Waals surface area contributed by atoms with Crippen molar-refractivity contribution in [2.24, 2.45) is 0 Å². The van der Waals surface area contributed by atoms with Gasteiger partial charge in [-0.25, -0.2) is 0 Å². The van der Waals surface area contributed by atoms with Gasteiger partial charge in [-0.15, -0.1) is 0 Å². The Hall–Kier alpha value is -1.50. The van der Waals surface area contributed by atoms with E-state index in [1.165, 1.54) is 12.1 Å². The van der Waals surface area contributed by atoms with Crippen LogP contribution in [0.3, 0.4) is 0 Å². The summed E-state index contributed by atoms with van der Waals surface area (Å²) < 4.78 is 33.7. The van der Waals surface area contributed by atoms with Crippen LogP contribution in [0.2, 0.25) is 0 Å². The average Bonchev–Trinajstić information content (AvgIpc) is 2.47. The topological polar surface area (TPSA) is 52.6 Å². The third-order valence-corrected chi connectivity index (χ3v) is 4.61. The van der Waals surface area contributed by atoms with Crippen molar-refractivity contribution in [3.8, 4) is 5.75 Å². The van der Waals surface area contributed by atoms with E-state index in [2.05, 4.69) is 0 Å². The van der Waals surface area contributed by atoms with Crippen molar-refractivity contribution in [2.75, 3.05) is 7.11 Å². The summed E-state index contributed by atoms with van der Waals surface area (Å²) in [7, 11) is -2.17. The molecule has 0 spiro atoms. The number of methoxy groups -OCH3 is 1. The maximum absolute atomic E-state index is 11.9. The fraction of sp³-hybridized carbons (Fsp3) is 0.0769. The second-order valence-corrected chi connectivity index (χ2v) is 6.16. The summed E-state index contributed by atoms with van der Waals surface area (Å²) in [5, 5.41) is 0. The zero-order valence-electron chi connectivity index (χ0n) is 10.1. The van der Waals surface area contributed by atoms with E-state index in [0.29, 0.717) is 10.6 Å². The van der Waals surface area contributed by atoms with Gasteiger partial charge in [0, 0.05) is 16.9 Å². The number of hydrogen-bond acceptors (Lipinski definition) is 5. The van der Waals surface area contributed by atoms with E-state index < -0.39 is 10.1 Å². The van der Waals surface area contributed by atoms with Gasteiger partial charge in [0.15, 0.2) is 0 Å². The number of benzene rings is 2. The molecule has 0 aliphatic carbocycles. The summed E-state index contributed by atoms with van der Waals surface area (Å²) in [5.74, 6) is 0.704. The van der Waals surface area contributed by atoms with Crippen molar-refractivity contribution in [3.05, 3.63) is 54.6 Å². The molecular formula is C13H12O4S2. The summed E-state index contributed by atoms with van der Waals surface area (Å²) >= 11 is 0.798. The summed E-state index contributed by atoms with van der Waals surface area (Å²) in [6, 6.07) is 14.9. The van der Waals surface area contributed by atoms with Crippen LogP contribution in [-0.2, 0) is 13.7 Å². The molecule has 0 amide bonds. The highest BCUT2D eigenvalue weighted by molar-refractivity contribution is 8.04. The molecule has 0 saturated heterocycles. The highest BCUT2D eigenvalue weighted by Gasteiger charge is 2.15. The molecule has 4 nitrogen and oxygen atoms in total. The van der Waals surface area contributed by atoms with Crippen molar-refractivity contribution >= 4 is 22.2 Å². The minimum Gasteiger partial charge on any atom is -0.497 e. The summed E-state index contributed by atoms with van der Waals surface area (Å²) in [6.45, 7) is 0. The molecule has 0 fully saturated rings. The smallest absolute Gasteiger partial charge is 0.308 e. The Morgan fingerprint density at radius 3 is 2.16 bits per heavy atom. The Bertz CT molecular complexity index is 621. The van der Waals surface area contributed by atoms with Crippen LogP contribution in [0.25, 0.3) is 0 Å². The van der Waals surface area contributed by atoms with Gasteiger partial charge in [0.1, 0.15) is 5.75 Å². The molecule has 0 unspecified atom stereocenters. The van der Waals surface area contributed by atoms with E-state index in [-0.39, 0.29) is 4.90 Å². The zero-order valence-corrected chi connectivity index (χ0v) is 11.8. The molecule has 19 heavy (non-hydrogen) atoms. The van der Waals surface area contributed by atoms with Crippen LogP contribution >= 0.6 is 12.0 Å². The largest absolute Gasteiger partial charge is 0.497 e. The lowest BCUT2D eigenvalue weighted by molar-refractivity contribution is 0.414. The van der Waals surface area contributed by atoms with Gasteiger partial charge in [-0.1, -0.05) is 18.2 Å². The van der Waals surface area contributed by atoms with Gasteiger partial charge in [0.05, 0.1) is 12.0 Å². The fourth-order valence-corrected chi connectivity index (χ4v) is 3.07. The van der Waals surface area contributed by atoms with Gasteiger partial charge < -0.3 is 4.74 Å². The maximum Gasteiger partial charge on any atom is 0.308 e. The van der Waals surface area contributed by atoms with E-state index in [4.69, 9.17) is 8.37 Å². The molecule has 2 aromatic rings. The van der Waals surface area contributed by atoms with Gasteiger partial charge in [0.2, 0.25) is 0 Å². The van der Waals surface area contributed by atoms with Crippen LogP contribution in [-0.4, -0.2) is 15.5 Å². The first-order valence-electron chi connectivity index (χ1n) is 5.42. The quantitative estimate of drug-likeness (QED) is 0.794. The third kappa shape index (κ3) is 3.73. The Labute approximate surface area is 116 Å². The van der Waals surface area contributed by atoms with Gasteiger partial charge in [-0.2, -0.15) is 12.0 Å². The van der Waals surface area contributed by atoms with Crippen molar-refractivity contribution in [1.82, 2.24) is 0 Å². The molecule has 0 bridgehead atoms. The van der Waals surface area contributed by atoms with Gasteiger partial charge in [0.25, 0.3) is 0 Å². The summed E-state index contributed by atoms with van der Waals surface area (Å²) in [6.07, 6.45) is 0. The molecule has 0 aliphatic rings. The number of ether oxygens (including phenoxy) is 1. The number of hydrogen-bond donors (Lipinski definition) is 0. The second kappa shape index (κ2) is 6.10. The predicted octanol–water partition coefficient (Wildman–Crippen LogP) is 3.11. The van der Waals surface area contributed by atoms with E-state index in [1.807, 2.05) is 0 Å². The molecular weight excluding hydrogens is 284 g/mol. The van der Waals surface area contributed by atoms with Crippen molar-refractivity contribution in [3.63, 3.8) is 0 Å². The van der Waals surface area contributed by atoms with E-state index in [1.54, 1.807) is 49.6 Å². The van der Waals surface area contributed by atoms with Crippen LogP contribution in [0.1, 0.15) is 0 Å². The molecule has 0 heterocycles. The Morgan fingerprint density at radius 2 is 1.58 bits per heavy atom. The minimum atomic E-state index is -3.74. The molecule has 2 rings (SSSR count). The normalized spacial score (nSPS) is 11.2. The van der Waals surface area contributed by atoms with E-state index in [9.17, 15) is 8.42 Å². The highest BCUT2D eigenvalue weighted by Crippen LogP contribution is 2.26. The Kier molecular flexibility index (Phi) is 4.47. The summed E-state index contributed by atoms with van der Waals surface area (Å²) in [5.41, 5.74) is 0. The molecule has 100 valence electrons. The van der Waals surface area contributed by atoms with Crippen LogP contribution < -0.4 is 4.74 Å². The monoisotopic (exact) mass is 296 g/mol. The van der Waals surface area contributed by atoms with Crippen LogP contribution in [0.5, 0.6) is 5.75 Å². The lowest BCUT2D eigenvalue weighted by Crippen LogP contribution is -2.00. The molecule has 6 heteroatoms. The first-order chi connectivity index (χ1) is 9.12. The SMILES string of the molecule is COc1ccc(SOS(=O)(=O)c2ccccc2)cc1. The standard InChI is InChI=1S/C13H12O4S2/c1-16-11-7-9-12(10-8-11)18-17-19(14,15)13-5-3-2-4-6-13/h2-10H,1H3. The van der Waals surface area contributed by atoms with Crippen LogP contribution in [0.4, 0.5) is 0 Å². The lowest BCUT2D eigenvalue weighted by Gasteiger charge is -2.04. The van der Waals surface area contributed by atoms with Crippen molar-refractivity contribution in [2.45, 2.75) is 9.79 Å². The van der Waals surface area contributed by atoms with Crippen molar-refractivity contribution in [1.29, 1.82) is 0 Å². The predicted molar refractivity (Wildman–Crippen MR) is 73.6 cm³/mol. The highest BCUT2D eigenvalue weighted by atomic mass is 32.3. The third-order valence-electron chi connectivity index (χ3n) is 2.31. The molecule has 0 saturated carbocycles. The second-order valence-electron chi connectivity index (χ2n) is 3.59. The molecule has 0 atom stereocenters. The van der Waals surface area contributed by atoms with Gasteiger partial charge in [-0.3, -0.25) is 0 Å². The molecule has 2 aromatic carbocycles.